The fourth-order valence-electron chi connectivity index (χ4n) is 1.13. The maximum Gasteiger partial charge on any atom is 0.242 e. The van der Waals surface area contributed by atoms with Crippen molar-refractivity contribution in [1.82, 2.24) is 0 Å². The van der Waals surface area contributed by atoms with E-state index in [1.807, 2.05) is 25.1 Å². The van der Waals surface area contributed by atoms with Gasteiger partial charge < -0.3 is 4.74 Å². The third-order valence-corrected chi connectivity index (χ3v) is 2.16. The van der Waals surface area contributed by atoms with Crippen molar-refractivity contribution in [2.45, 2.75) is 6.92 Å². The van der Waals surface area contributed by atoms with Crippen LogP contribution < -0.4 is 0 Å². The number of ether oxygens (including phenoxy) is 1. The highest BCUT2D eigenvalue weighted by molar-refractivity contribution is 6.33. The number of halogens is 1. The SMILES string of the molecule is CC1=NN=C(c2ccccc2Cl)OC1. The van der Waals surface area contributed by atoms with Crippen molar-refractivity contribution >= 4 is 23.2 Å². The Morgan fingerprint density at radius 1 is 1.29 bits per heavy atom. The van der Waals surface area contributed by atoms with Gasteiger partial charge in [0.25, 0.3) is 0 Å². The summed E-state index contributed by atoms with van der Waals surface area (Å²) in [5, 5.41) is 8.52. The fourth-order valence-corrected chi connectivity index (χ4v) is 1.34. The zero-order valence-electron chi connectivity index (χ0n) is 7.70. The van der Waals surface area contributed by atoms with E-state index >= 15 is 0 Å². The minimum Gasteiger partial charge on any atom is -0.470 e. The molecule has 0 spiro atoms. The number of benzene rings is 1. The molecule has 1 heterocycles. The molecule has 0 saturated carbocycles. The third kappa shape index (κ3) is 1.77. The van der Waals surface area contributed by atoms with E-state index in [0.29, 0.717) is 17.5 Å². The van der Waals surface area contributed by atoms with Crippen molar-refractivity contribution in [2.24, 2.45) is 10.2 Å². The molecule has 72 valence electrons. The van der Waals surface area contributed by atoms with Crippen molar-refractivity contribution in [2.75, 3.05) is 6.61 Å². The lowest BCUT2D eigenvalue weighted by Crippen LogP contribution is -2.16. The zero-order valence-corrected chi connectivity index (χ0v) is 8.45. The summed E-state index contributed by atoms with van der Waals surface area (Å²) in [4.78, 5) is 0. The molecule has 3 nitrogen and oxygen atoms in total. The van der Waals surface area contributed by atoms with Crippen LogP contribution in [0.1, 0.15) is 12.5 Å². The highest BCUT2D eigenvalue weighted by Crippen LogP contribution is 2.17. The lowest BCUT2D eigenvalue weighted by atomic mass is 10.2. The van der Waals surface area contributed by atoms with Crippen LogP contribution in [-0.4, -0.2) is 18.2 Å². The number of hydrogen-bond donors (Lipinski definition) is 0. The Labute approximate surface area is 87.1 Å². The Balaban J connectivity index is 2.37. The second-order valence-corrected chi connectivity index (χ2v) is 3.42. The maximum atomic E-state index is 5.98. The second-order valence-electron chi connectivity index (χ2n) is 3.01. The van der Waals surface area contributed by atoms with Gasteiger partial charge in [-0.05, 0) is 19.1 Å². The van der Waals surface area contributed by atoms with Gasteiger partial charge >= 0.3 is 0 Å². The lowest BCUT2D eigenvalue weighted by Gasteiger charge is -2.12. The predicted molar refractivity (Wildman–Crippen MR) is 57.1 cm³/mol. The van der Waals surface area contributed by atoms with Crippen molar-refractivity contribution in [3.05, 3.63) is 34.9 Å². The number of hydrogen-bond acceptors (Lipinski definition) is 3. The molecule has 0 fully saturated rings. The molecule has 0 radical (unpaired) electrons. The molecule has 0 saturated heterocycles. The molecule has 0 unspecified atom stereocenters. The minimum atomic E-state index is 0.476. The van der Waals surface area contributed by atoms with Crippen LogP contribution in [0.2, 0.25) is 5.02 Å². The van der Waals surface area contributed by atoms with Gasteiger partial charge in [0.1, 0.15) is 6.61 Å². The van der Waals surface area contributed by atoms with E-state index in [-0.39, 0.29) is 0 Å². The molecule has 4 heteroatoms. The monoisotopic (exact) mass is 208 g/mol. The number of rotatable bonds is 1. The molecular formula is C10H9ClN2O. The van der Waals surface area contributed by atoms with E-state index in [1.165, 1.54) is 0 Å². The van der Waals surface area contributed by atoms with Crippen molar-refractivity contribution in [3.8, 4) is 0 Å². The van der Waals surface area contributed by atoms with Gasteiger partial charge in [-0.25, -0.2) is 0 Å². The Bertz CT molecular complexity index is 412. The van der Waals surface area contributed by atoms with Crippen LogP contribution in [0.4, 0.5) is 0 Å². The summed E-state index contributed by atoms with van der Waals surface area (Å²) in [6, 6.07) is 7.41. The quantitative estimate of drug-likeness (QED) is 0.698. The van der Waals surface area contributed by atoms with Gasteiger partial charge in [0.2, 0.25) is 5.90 Å². The van der Waals surface area contributed by atoms with Crippen LogP contribution in [0.5, 0.6) is 0 Å². The van der Waals surface area contributed by atoms with Crippen LogP contribution in [-0.2, 0) is 4.74 Å². The highest BCUT2D eigenvalue weighted by atomic mass is 35.5. The van der Waals surface area contributed by atoms with Gasteiger partial charge in [0.05, 0.1) is 16.3 Å². The molecule has 14 heavy (non-hydrogen) atoms. The van der Waals surface area contributed by atoms with Gasteiger partial charge in [-0.15, -0.1) is 5.10 Å². The van der Waals surface area contributed by atoms with Gasteiger partial charge in [-0.3, -0.25) is 0 Å². The van der Waals surface area contributed by atoms with Crippen LogP contribution in [0.3, 0.4) is 0 Å². The van der Waals surface area contributed by atoms with Crippen LogP contribution in [0.15, 0.2) is 34.5 Å². The lowest BCUT2D eigenvalue weighted by molar-refractivity contribution is 0.356. The van der Waals surface area contributed by atoms with Gasteiger partial charge in [0, 0.05) is 0 Å². The first-order valence-electron chi connectivity index (χ1n) is 4.26. The predicted octanol–water partition coefficient (Wildman–Crippen LogP) is 2.49. The first-order chi connectivity index (χ1) is 6.77. The first kappa shape index (κ1) is 9.21. The zero-order chi connectivity index (χ0) is 9.97. The molecule has 1 aliphatic rings. The van der Waals surface area contributed by atoms with E-state index < -0.39 is 0 Å². The fraction of sp³-hybridized carbons (Fsp3) is 0.200. The highest BCUT2D eigenvalue weighted by Gasteiger charge is 2.12. The summed E-state index contributed by atoms with van der Waals surface area (Å²) in [6.45, 7) is 2.34. The smallest absolute Gasteiger partial charge is 0.242 e. The summed E-state index contributed by atoms with van der Waals surface area (Å²) < 4.78 is 5.39. The largest absolute Gasteiger partial charge is 0.470 e. The molecule has 0 atom stereocenters. The van der Waals surface area contributed by atoms with E-state index in [2.05, 4.69) is 10.2 Å². The molecule has 1 aromatic carbocycles. The summed E-state index contributed by atoms with van der Waals surface area (Å²) in [7, 11) is 0. The molecule has 0 N–H and O–H groups in total. The second kappa shape index (κ2) is 3.80. The first-order valence-corrected chi connectivity index (χ1v) is 4.64. The summed E-state index contributed by atoms with van der Waals surface area (Å²) in [5.74, 6) is 0.487. The average molecular weight is 209 g/mol. The summed E-state index contributed by atoms with van der Waals surface area (Å²) >= 11 is 5.98. The average Bonchev–Trinajstić information content (AvgIpc) is 2.20. The molecule has 0 bridgehead atoms. The third-order valence-electron chi connectivity index (χ3n) is 1.83. The molecule has 0 amide bonds. The molecule has 0 aliphatic carbocycles. The molecule has 2 rings (SSSR count). The van der Waals surface area contributed by atoms with Gasteiger partial charge in [-0.1, -0.05) is 23.7 Å². The van der Waals surface area contributed by atoms with E-state index in [4.69, 9.17) is 16.3 Å². The molecule has 1 aliphatic heterocycles. The number of nitrogens with zero attached hydrogens (tertiary/aromatic N) is 2. The topological polar surface area (TPSA) is 34.0 Å². The summed E-state index contributed by atoms with van der Waals surface area (Å²) in [6.07, 6.45) is 0. The standard InChI is InChI=1S/C10H9ClN2O/c1-7-6-14-10(13-12-7)8-4-2-3-5-9(8)11/h2-5H,6H2,1H3. The van der Waals surface area contributed by atoms with E-state index in [0.717, 1.165) is 11.3 Å². The van der Waals surface area contributed by atoms with Gasteiger partial charge in [0.15, 0.2) is 0 Å². The Hall–Kier alpha value is -1.35. The van der Waals surface area contributed by atoms with Crippen LogP contribution in [0.25, 0.3) is 0 Å². The Kier molecular flexibility index (Phi) is 2.50. The van der Waals surface area contributed by atoms with E-state index in [1.54, 1.807) is 6.07 Å². The van der Waals surface area contributed by atoms with Crippen molar-refractivity contribution in [3.63, 3.8) is 0 Å². The Morgan fingerprint density at radius 2 is 2.07 bits per heavy atom. The van der Waals surface area contributed by atoms with Gasteiger partial charge in [-0.2, -0.15) is 5.10 Å². The Morgan fingerprint density at radius 3 is 2.71 bits per heavy atom. The molecular weight excluding hydrogens is 200 g/mol. The van der Waals surface area contributed by atoms with Crippen LogP contribution in [0, 0.1) is 0 Å². The van der Waals surface area contributed by atoms with E-state index in [9.17, 15) is 0 Å². The van der Waals surface area contributed by atoms with Crippen molar-refractivity contribution < 1.29 is 4.74 Å². The minimum absolute atomic E-state index is 0.476. The normalized spacial score (nSPS) is 15.6. The van der Waals surface area contributed by atoms with Crippen LogP contribution >= 0.6 is 11.6 Å². The summed E-state index contributed by atoms with van der Waals surface area (Å²) in [5.41, 5.74) is 1.64. The maximum absolute atomic E-state index is 5.98. The van der Waals surface area contributed by atoms with Crippen molar-refractivity contribution in [1.29, 1.82) is 0 Å². The molecule has 1 aromatic rings. The molecule has 0 aromatic heterocycles.